The van der Waals surface area contributed by atoms with Gasteiger partial charge in [0.25, 0.3) is 0 Å². The molecule has 0 aliphatic carbocycles. The molecular weight excluding hydrogens is 299 g/mol. The summed E-state index contributed by atoms with van der Waals surface area (Å²) in [5, 5.41) is 9.45. The van der Waals surface area contributed by atoms with Gasteiger partial charge < -0.3 is 4.57 Å². The van der Waals surface area contributed by atoms with Crippen LogP contribution < -0.4 is 0 Å². The highest BCUT2D eigenvalue weighted by atomic mass is 19.1. The average molecular weight is 316 g/mol. The van der Waals surface area contributed by atoms with Crippen LogP contribution in [0.3, 0.4) is 0 Å². The molecule has 0 radical (unpaired) electrons. The fourth-order valence-electron chi connectivity index (χ4n) is 2.62. The van der Waals surface area contributed by atoms with Crippen LogP contribution in [0.5, 0.6) is 0 Å². The van der Waals surface area contributed by atoms with E-state index in [1.807, 2.05) is 29.0 Å². The Morgan fingerprint density at radius 2 is 1.83 bits per heavy atom. The van der Waals surface area contributed by atoms with Crippen molar-refractivity contribution in [3.63, 3.8) is 0 Å². The molecule has 3 heteroatoms. The zero-order valence-electron chi connectivity index (χ0n) is 13.6. The topological polar surface area (TPSA) is 28.7 Å². The summed E-state index contributed by atoms with van der Waals surface area (Å²) in [4.78, 5) is 0. The molecule has 0 unspecified atom stereocenters. The number of hydrogen-bond donors (Lipinski definition) is 0. The summed E-state index contributed by atoms with van der Waals surface area (Å²) < 4.78 is 16.0. The largest absolute Gasteiger partial charge is 0.317 e. The van der Waals surface area contributed by atoms with Gasteiger partial charge in [0, 0.05) is 23.1 Å². The number of benzene rings is 2. The standard InChI is InChI=1S/C21H17FN2/c1-15-9-10-19(12-16(15)2)24-11-5-6-18(24)13-17(14-23)20-7-3-4-8-21(20)22/h3-13H,1-2H3. The molecule has 0 atom stereocenters. The number of aryl methyl sites for hydroxylation is 2. The van der Waals surface area contributed by atoms with Gasteiger partial charge in [-0.15, -0.1) is 0 Å². The first-order valence-corrected chi connectivity index (χ1v) is 7.72. The highest BCUT2D eigenvalue weighted by molar-refractivity contribution is 5.89. The number of rotatable bonds is 3. The molecule has 0 aliphatic rings. The van der Waals surface area contributed by atoms with Gasteiger partial charge in [-0.25, -0.2) is 4.39 Å². The van der Waals surface area contributed by atoms with Gasteiger partial charge in [0.2, 0.25) is 0 Å². The number of nitriles is 1. The van der Waals surface area contributed by atoms with Gasteiger partial charge in [-0.2, -0.15) is 5.26 Å². The summed E-state index contributed by atoms with van der Waals surface area (Å²) in [5.74, 6) is -0.394. The molecule has 3 aromatic rings. The lowest BCUT2D eigenvalue weighted by atomic mass is 10.1. The van der Waals surface area contributed by atoms with Crippen molar-refractivity contribution in [1.82, 2.24) is 4.57 Å². The average Bonchev–Trinajstić information content (AvgIpc) is 3.04. The quantitative estimate of drug-likeness (QED) is 0.603. The zero-order chi connectivity index (χ0) is 17.1. The normalized spacial score (nSPS) is 11.3. The second-order valence-corrected chi connectivity index (χ2v) is 5.72. The number of aromatic nitrogens is 1. The molecule has 118 valence electrons. The third-order valence-electron chi connectivity index (χ3n) is 4.13. The molecule has 0 aliphatic heterocycles. The number of allylic oxidation sites excluding steroid dienone is 1. The van der Waals surface area contributed by atoms with Crippen molar-refractivity contribution in [3.05, 3.63) is 89.0 Å². The maximum atomic E-state index is 14.0. The van der Waals surface area contributed by atoms with E-state index in [0.29, 0.717) is 11.1 Å². The predicted molar refractivity (Wildman–Crippen MR) is 95.1 cm³/mol. The Kier molecular flexibility index (Phi) is 4.31. The second kappa shape index (κ2) is 6.55. The molecule has 0 N–H and O–H groups in total. The van der Waals surface area contributed by atoms with Crippen LogP contribution in [0, 0.1) is 31.0 Å². The second-order valence-electron chi connectivity index (χ2n) is 5.72. The van der Waals surface area contributed by atoms with Gasteiger partial charge in [-0.05, 0) is 61.4 Å². The van der Waals surface area contributed by atoms with Crippen molar-refractivity contribution in [2.75, 3.05) is 0 Å². The van der Waals surface area contributed by atoms with E-state index < -0.39 is 5.82 Å². The fourth-order valence-corrected chi connectivity index (χ4v) is 2.62. The molecule has 2 nitrogen and oxygen atoms in total. The van der Waals surface area contributed by atoms with Crippen LogP contribution in [-0.4, -0.2) is 4.57 Å². The van der Waals surface area contributed by atoms with Crippen LogP contribution in [0.2, 0.25) is 0 Å². The van der Waals surface area contributed by atoms with Crippen molar-refractivity contribution in [1.29, 1.82) is 5.26 Å². The first-order chi connectivity index (χ1) is 11.6. The van der Waals surface area contributed by atoms with Gasteiger partial charge >= 0.3 is 0 Å². The van der Waals surface area contributed by atoms with E-state index >= 15 is 0 Å². The molecule has 1 aromatic heterocycles. The Balaban J connectivity index is 2.08. The smallest absolute Gasteiger partial charge is 0.131 e. The van der Waals surface area contributed by atoms with E-state index in [4.69, 9.17) is 0 Å². The molecular formula is C21H17FN2. The third kappa shape index (κ3) is 3.00. The van der Waals surface area contributed by atoms with Crippen LogP contribution in [0.25, 0.3) is 17.3 Å². The van der Waals surface area contributed by atoms with Crippen molar-refractivity contribution in [2.45, 2.75) is 13.8 Å². The number of hydrogen-bond acceptors (Lipinski definition) is 1. The van der Waals surface area contributed by atoms with E-state index in [-0.39, 0.29) is 0 Å². The van der Waals surface area contributed by atoms with Crippen LogP contribution in [0.15, 0.2) is 60.8 Å². The molecule has 0 saturated carbocycles. The third-order valence-corrected chi connectivity index (χ3v) is 4.13. The maximum Gasteiger partial charge on any atom is 0.131 e. The van der Waals surface area contributed by atoms with Crippen molar-refractivity contribution < 1.29 is 4.39 Å². The van der Waals surface area contributed by atoms with Crippen molar-refractivity contribution in [3.8, 4) is 11.8 Å². The van der Waals surface area contributed by atoms with Gasteiger partial charge in [0.15, 0.2) is 0 Å². The molecule has 0 fully saturated rings. The van der Waals surface area contributed by atoms with E-state index in [9.17, 15) is 9.65 Å². The summed E-state index contributed by atoms with van der Waals surface area (Å²) >= 11 is 0. The summed E-state index contributed by atoms with van der Waals surface area (Å²) in [7, 11) is 0. The number of nitrogens with zero attached hydrogens (tertiary/aromatic N) is 2. The Labute approximate surface area is 141 Å². The molecule has 0 saturated heterocycles. The summed E-state index contributed by atoms with van der Waals surface area (Å²) in [5.41, 5.74) is 4.89. The predicted octanol–water partition coefficient (Wildman–Crippen LogP) is 5.30. The van der Waals surface area contributed by atoms with Crippen LogP contribution in [0.4, 0.5) is 4.39 Å². The Bertz CT molecular complexity index is 958. The minimum absolute atomic E-state index is 0.303. The highest BCUT2D eigenvalue weighted by Crippen LogP contribution is 2.23. The fraction of sp³-hybridized carbons (Fsp3) is 0.0952. The first kappa shape index (κ1) is 15.8. The van der Waals surface area contributed by atoms with E-state index in [1.54, 1.807) is 24.3 Å². The van der Waals surface area contributed by atoms with E-state index in [1.165, 1.54) is 17.2 Å². The molecule has 2 aromatic carbocycles. The first-order valence-electron chi connectivity index (χ1n) is 7.72. The SMILES string of the molecule is Cc1ccc(-n2cccc2C=C(C#N)c2ccccc2F)cc1C. The molecule has 0 spiro atoms. The molecule has 1 heterocycles. The monoisotopic (exact) mass is 316 g/mol. The van der Waals surface area contributed by atoms with Gasteiger partial charge in [0.05, 0.1) is 11.6 Å². The van der Waals surface area contributed by atoms with Crippen LogP contribution >= 0.6 is 0 Å². The lowest BCUT2D eigenvalue weighted by Gasteiger charge is -2.10. The lowest BCUT2D eigenvalue weighted by Crippen LogP contribution is -1.97. The maximum absolute atomic E-state index is 14.0. The van der Waals surface area contributed by atoms with Gasteiger partial charge in [0.1, 0.15) is 5.82 Å². The highest BCUT2D eigenvalue weighted by Gasteiger charge is 2.09. The molecule has 3 rings (SSSR count). The summed E-state index contributed by atoms with van der Waals surface area (Å²) in [6, 6.07) is 18.5. The van der Waals surface area contributed by atoms with E-state index in [2.05, 4.69) is 32.0 Å². The van der Waals surface area contributed by atoms with Gasteiger partial charge in [-0.1, -0.05) is 24.3 Å². The number of halogens is 1. The minimum Gasteiger partial charge on any atom is -0.317 e. The summed E-state index contributed by atoms with van der Waals surface area (Å²) in [6.07, 6.45) is 3.65. The Morgan fingerprint density at radius 1 is 1.04 bits per heavy atom. The molecule has 0 amide bonds. The molecule has 0 bridgehead atoms. The lowest BCUT2D eigenvalue weighted by molar-refractivity contribution is 0.624. The summed E-state index contributed by atoms with van der Waals surface area (Å²) in [6.45, 7) is 4.14. The van der Waals surface area contributed by atoms with Crippen LogP contribution in [0.1, 0.15) is 22.4 Å². The Hall–Kier alpha value is -3.12. The van der Waals surface area contributed by atoms with E-state index in [0.717, 1.165) is 11.4 Å². The minimum atomic E-state index is -0.394. The zero-order valence-corrected chi connectivity index (χ0v) is 13.6. The van der Waals surface area contributed by atoms with Gasteiger partial charge in [-0.3, -0.25) is 0 Å². The Morgan fingerprint density at radius 3 is 2.54 bits per heavy atom. The van der Waals surface area contributed by atoms with Crippen molar-refractivity contribution in [2.24, 2.45) is 0 Å². The van der Waals surface area contributed by atoms with Crippen LogP contribution in [-0.2, 0) is 0 Å². The molecule has 24 heavy (non-hydrogen) atoms. The van der Waals surface area contributed by atoms with Crippen molar-refractivity contribution >= 4 is 11.6 Å².